The van der Waals surface area contributed by atoms with Crippen LogP contribution in [0.4, 0.5) is 5.69 Å². The second-order valence-electron chi connectivity index (χ2n) is 5.05. The molecule has 5 heteroatoms. The van der Waals surface area contributed by atoms with E-state index in [1.807, 2.05) is 18.2 Å². The summed E-state index contributed by atoms with van der Waals surface area (Å²) in [6.45, 7) is 6.42. The van der Waals surface area contributed by atoms with E-state index in [0.717, 1.165) is 10.6 Å². The normalized spacial score (nSPS) is 11.0. The van der Waals surface area contributed by atoms with Gasteiger partial charge in [-0.15, -0.1) is 11.3 Å². The number of aryl methyl sites for hydroxylation is 1. The van der Waals surface area contributed by atoms with Crippen molar-refractivity contribution in [1.29, 1.82) is 0 Å². The highest BCUT2D eigenvalue weighted by molar-refractivity contribution is 7.80. The predicted octanol–water partition coefficient (Wildman–Crippen LogP) is 4.50. The molecule has 0 aliphatic carbocycles. The van der Waals surface area contributed by atoms with E-state index in [4.69, 9.17) is 12.2 Å². The first-order chi connectivity index (χ1) is 10.0. The summed E-state index contributed by atoms with van der Waals surface area (Å²) >= 11 is 6.90. The van der Waals surface area contributed by atoms with Gasteiger partial charge in [0.15, 0.2) is 5.11 Å². The summed E-state index contributed by atoms with van der Waals surface area (Å²) in [5.41, 5.74) is 5.09. The van der Waals surface area contributed by atoms with Crippen molar-refractivity contribution in [3.8, 4) is 0 Å². The Hall–Kier alpha value is -1.72. The van der Waals surface area contributed by atoms with Crippen molar-refractivity contribution in [1.82, 2.24) is 5.43 Å². The molecule has 0 amide bonds. The number of hydrazone groups is 1. The number of thiophene rings is 1. The van der Waals surface area contributed by atoms with E-state index in [-0.39, 0.29) is 0 Å². The van der Waals surface area contributed by atoms with Crippen LogP contribution in [0.15, 0.2) is 41.5 Å². The average Bonchev–Trinajstić information content (AvgIpc) is 2.85. The fourth-order valence-electron chi connectivity index (χ4n) is 1.79. The van der Waals surface area contributed by atoms with Crippen LogP contribution in [0.25, 0.3) is 0 Å². The lowest BCUT2D eigenvalue weighted by Crippen LogP contribution is -2.23. The monoisotopic (exact) mass is 317 g/mol. The number of thiocarbonyl (C=S) groups is 1. The van der Waals surface area contributed by atoms with Gasteiger partial charge < -0.3 is 5.32 Å². The highest BCUT2D eigenvalue weighted by Crippen LogP contribution is 2.17. The fourth-order valence-corrected chi connectivity index (χ4v) is 2.71. The molecular formula is C16H19N3S2. The molecule has 2 aromatic rings. The third-order valence-electron chi connectivity index (χ3n) is 2.95. The molecule has 0 radical (unpaired) electrons. The number of anilines is 1. The van der Waals surface area contributed by atoms with Gasteiger partial charge in [0.2, 0.25) is 0 Å². The predicted molar refractivity (Wildman–Crippen MR) is 96.5 cm³/mol. The molecule has 3 nitrogen and oxygen atoms in total. The van der Waals surface area contributed by atoms with Gasteiger partial charge in [0, 0.05) is 15.4 Å². The van der Waals surface area contributed by atoms with Crippen LogP contribution in [0.3, 0.4) is 0 Å². The zero-order valence-electron chi connectivity index (χ0n) is 12.4. The minimum Gasteiger partial charge on any atom is -0.331 e. The van der Waals surface area contributed by atoms with Gasteiger partial charge in [-0.05, 0) is 54.9 Å². The molecule has 0 saturated heterocycles. The largest absolute Gasteiger partial charge is 0.331 e. The molecule has 2 rings (SSSR count). The topological polar surface area (TPSA) is 36.4 Å². The van der Waals surface area contributed by atoms with E-state index >= 15 is 0 Å². The van der Waals surface area contributed by atoms with Gasteiger partial charge in [0.25, 0.3) is 0 Å². The molecule has 2 N–H and O–H groups in total. The Morgan fingerprint density at radius 2 is 1.90 bits per heavy atom. The van der Waals surface area contributed by atoms with Gasteiger partial charge in [0.05, 0.1) is 6.21 Å². The lowest BCUT2D eigenvalue weighted by atomic mass is 10.0. The van der Waals surface area contributed by atoms with Gasteiger partial charge in [-0.25, -0.2) is 0 Å². The maximum atomic E-state index is 5.21. The third kappa shape index (κ3) is 4.95. The van der Waals surface area contributed by atoms with E-state index in [2.05, 4.69) is 54.8 Å². The van der Waals surface area contributed by atoms with Crippen LogP contribution < -0.4 is 10.7 Å². The summed E-state index contributed by atoms with van der Waals surface area (Å²) in [6.07, 6.45) is 1.77. The van der Waals surface area contributed by atoms with Crippen LogP contribution in [-0.4, -0.2) is 11.3 Å². The summed E-state index contributed by atoms with van der Waals surface area (Å²) in [5.74, 6) is 0.531. The summed E-state index contributed by atoms with van der Waals surface area (Å²) < 4.78 is 0. The highest BCUT2D eigenvalue weighted by Gasteiger charge is 2.00. The van der Waals surface area contributed by atoms with Gasteiger partial charge in [-0.2, -0.15) is 5.10 Å². The fraction of sp³-hybridized carbons (Fsp3) is 0.250. The molecule has 0 spiro atoms. The van der Waals surface area contributed by atoms with E-state index < -0.39 is 0 Å². The molecule has 0 aliphatic rings. The number of nitrogens with one attached hydrogen (secondary N) is 2. The molecule has 1 aromatic carbocycles. The van der Waals surface area contributed by atoms with Crippen LogP contribution in [0.1, 0.15) is 35.1 Å². The smallest absolute Gasteiger partial charge is 0.191 e. The second-order valence-corrected chi connectivity index (χ2v) is 6.78. The van der Waals surface area contributed by atoms with Crippen LogP contribution in [0.2, 0.25) is 0 Å². The zero-order chi connectivity index (χ0) is 15.2. The van der Waals surface area contributed by atoms with Crippen molar-refractivity contribution in [3.63, 3.8) is 0 Å². The molecular weight excluding hydrogens is 298 g/mol. The molecule has 21 heavy (non-hydrogen) atoms. The van der Waals surface area contributed by atoms with E-state index in [1.165, 1.54) is 10.4 Å². The molecule has 1 aromatic heterocycles. The van der Waals surface area contributed by atoms with Gasteiger partial charge in [-0.3, -0.25) is 5.43 Å². The third-order valence-corrected chi connectivity index (χ3v) is 4.08. The number of hydrogen-bond donors (Lipinski definition) is 2. The highest BCUT2D eigenvalue weighted by atomic mass is 32.1. The Morgan fingerprint density at radius 1 is 1.19 bits per heavy atom. The lowest BCUT2D eigenvalue weighted by molar-refractivity contribution is 0.867. The maximum Gasteiger partial charge on any atom is 0.191 e. The molecule has 0 saturated carbocycles. The number of nitrogens with zero attached hydrogens (tertiary/aromatic N) is 1. The SMILES string of the molecule is Cc1ccc(/C=N/NC(=S)Nc2ccc(C(C)C)cc2)s1. The molecule has 0 bridgehead atoms. The summed E-state index contributed by atoms with van der Waals surface area (Å²) in [4.78, 5) is 2.37. The van der Waals surface area contributed by atoms with Gasteiger partial charge >= 0.3 is 0 Å². The van der Waals surface area contributed by atoms with Crippen molar-refractivity contribution in [2.75, 3.05) is 5.32 Å². The van der Waals surface area contributed by atoms with Crippen molar-refractivity contribution in [2.24, 2.45) is 5.10 Å². The maximum absolute atomic E-state index is 5.21. The Bertz CT molecular complexity index is 627. The first-order valence-electron chi connectivity index (χ1n) is 6.81. The first kappa shape index (κ1) is 15.7. The van der Waals surface area contributed by atoms with E-state index in [1.54, 1.807) is 17.6 Å². The Morgan fingerprint density at radius 3 is 2.48 bits per heavy atom. The van der Waals surface area contributed by atoms with Crippen LogP contribution in [0.5, 0.6) is 0 Å². The Labute approximate surface area is 135 Å². The number of benzene rings is 1. The summed E-state index contributed by atoms with van der Waals surface area (Å²) in [5, 5.41) is 7.72. The van der Waals surface area contributed by atoms with Gasteiger partial charge in [0.1, 0.15) is 0 Å². The molecule has 110 valence electrons. The minimum absolute atomic E-state index is 0.483. The van der Waals surface area contributed by atoms with Crippen LogP contribution in [0, 0.1) is 6.92 Å². The first-order valence-corrected chi connectivity index (χ1v) is 8.03. The average molecular weight is 317 g/mol. The summed E-state index contributed by atoms with van der Waals surface area (Å²) in [6, 6.07) is 12.4. The minimum atomic E-state index is 0.483. The standard InChI is InChI=1S/C16H19N3S2/c1-11(2)13-5-7-14(8-6-13)18-16(20)19-17-10-15-9-4-12(3)21-15/h4-11H,1-3H3,(H2,18,19,20)/b17-10+. The quantitative estimate of drug-likeness (QED) is 0.495. The molecule has 0 fully saturated rings. The Balaban J connectivity index is 1.85. The van der Waals surface area contributed by atoms with Crippen molar-refractivity contribution >= 4 is 40.6 Å². The van der Waals surface area contributed by atoms with Crippen LogP contribution >= 0.6 is 23.6 Å². The molecule has 0 atom stereocenters. The van der Waals surface area contributed by atoms with Crippen molar-refractivity contribution < 1.29 is 0 Å². The number of hydrogen-bond acceptors (Lipinski definition) is 3. The van der Waals surface area contributed by atoms with Gasteiger partial charge in [-0.1, -0.05) is 26.0 Å². The molecule has 0 aliphatic heterocycles. The van der Waals surface area contributed by atoms with E-state index in [0.29, 0.717) is 11.0 Å². The zero-order valence-corrected chi connectivity index (χ0v) is 14.0. The van der Waals surface area contributed by atoms with Crippen LogP contribution in [-0.2, 0) is 0 Å². The lowest BCUT2D eigenvalue weighted by Gasteiger charge is -2.09. The summed E-state index contributed by atoms with van der Waals surface area (Å²) in [7, 11) is 0. The molecule has 0 unspecified atom stereocenters. The second kappa shape index (κ2) is 7.33. The van der Waals surface area contributed by atoms with Crippen molar-refractivity contribution in [3.05, 3.63) is 51.7 Å². The van der Waals surface area contributed by atoms with Crippen molar-refractivity contribution in [2.45, 2.75) is 26.7 Å². The van der Waals surface area contributed by atoms with E-state index in [9.17, 15) is 0 Å². The molecule has 1 heterocycles. The number of rotatable bonds is 4. The Kier molecular flexibility index (Phi) is 5.47.